The third kappa shape index (κ3) is 5.19. The van der Waals surface area contributed by atoms with E-state index in [0.717, 1.165) is 5.56 Å². The summed E-state index contributed by atoms with van der Waals surface area (Å²) >= 11 is 6.10. The molecule has 0 amide bonds. The van der Waals surface area contributed by atoms with Gasteiger partial charge in [-0.25, -0.2) is 9.18 Å². The molecular formula is C23H21ClFNO5. The lowest BCUT2D eigenvalue weighted by molar-refractivity contribution is 0.0697. The highest BCUT2D eigenvalue weighted by atomic mass is 35.5. The number of hydrogen-bond donors (Lipinski definition) is 2. The van der Waals surface area contributed by atoms with Crippen LogP contribution in [0, 0.1) is 5.82 Å². The molecule has 0 heterocycles. The van der Waals surface area contributed by atoms with E-state index in [2.05, 4.69) is 5.32 Å². The van der Waals surface area contributed by atoms with E-state index in [1.165, 1.54) is 38.5 Å². The molecule has 3 aromatic carbocycles. The smallest absolute Gasteiger partial charge is 0.335 e. The second-order valence-corrected chi connectivity index (χ2v) is 6.92. The van der Waals surface area contributed by atoms with E-state index in [0.29, 0.717) is 22.9 Å². The van der Waals surface area contributed by atoms with Crippen molar-refractivity contribution < 1.29 is 28.5 Å². The second kappa shape index (κ2) is 10.0. The number of hydrogen-bond acceptors (Lipinski definition) is 5. The zero-order valence-corrected chi connectivity index (χ0v) is 17.7. The van der Waals surface area contributed by atoms with Crippen LogP contribution in [-0.2, 0) is 13.2 Å². The zero-order chi connectivity index (χ0) is 22.4. The minimum atomic E-state index is -1.04. The van der Waals surface area contributed by atoms with Crippen molar-refractivity contribution in [3.63, 3.8) is 0 Å². The SMILES string of the molecule is COc1ccc(C(=O)O)cc1NCc1cccc(OC)c1OCc1c(F)cccc1Cl. The number of para-hydroxylation sites is 1. The number of carboxylic acids is 1. The summed E-state index contributed by atoms with van der Waals surface area (Å²) in [4.78, 5) is 11.3. The van der Waals surface area contributed by atoms with Crippen LogP contribution < -0.4 is 19.5 Å². The maximum Gasteiger partial charge on any atom is 0.335 e. The van der Waals surface area contributed by atoms with Crippen molar-refractivity contribution in [2.45, 2.75) is 13.2 Å². The van der Waals surface area contributed by atoms with Gasteiger partial charge >= 0.3 is 5.97 Å². The van der Waals surface area contributed by atoms with Crippen molar-refractivity contribution >= 4 is 23.3 Å². The van der Waals surface area contributed by atoms with Gasteiger partial charge in [-0.2, -0.15) is 0 Å². The van der Waals surface area contributed by atoms with Crippen LogP contribution in [0.15, 0.2) is 54.6 Å². The van der Waals surface area contributed by atoms with Gasteiger partial charge < -0.3 is 24.6 Å². The highest BCUT2D eigenvalue weighted by molar-refractivity contribution is 6.31. The van der Waals surface area contributed by atoms with Gasteiger partial charge in [0.1, 0.15) is 18.2 Å². The number of aromatic carboxylic acids is 1. The third-order valence-electron chi connectivity index (χ3n) is 4.62. The van der Waals surface area contributed by atoms with Crippen LogP contribution in [0.1, 0.15) is 21.5 Å². The number of benzene rings is 3. The van der Waals surface area contributed by atoms with E-state index in [9.17, 15) is 14.3 Å². The first-order valence-electron chi connectivity index (χ1n) is 9.31. The number of methoxy groups -OCH3 is 2. The van der Waals surface area contributed by atoms with Gasteiger partial charge in [0, 0.05) is 17.7 Å². The lowest BCUT2D eigenvalue weighted by Gasteiger charge is -2.17. The molecule has 0 aliphatic carbocycles. The number of carboxylic acid groups (broad SMARTS) is 1. The van der Waals surface area contributed by atoms with Gasteiger partial charge in [0.25, 0.3) is 0 Å². The molecule has 31 heavy (non-hydrogen) atoms. The molecule has 0 aliphatic rings. The normalized spacial score (nSPS) is 10.5. The molecule has 0 atom stereocenters. The monoisotopic (exact) mass is 445 g/mol. The van der Waals surface area contributed by atoms with Gasteiger partial charge in [-0.05, 0) is 36.4 Å². The van der Waals surface area contributed by atoms with E-state index in [1.54, 1.807) is 24.3 Å². The molecular weight excluding hydrogens is 425 g/mol. The Morgan fingerprint density at radius 3 is 2.48 bits per heavy atom. The van der Waals surface area contributed by atoms with Crippen molar-refractivity contribution in [3.8, 4) is 17.2 Å². The van der Waals surface area contributed by atoms with E-state index in [1.807, 2.05) is 6.07 Å². The van der Waals surface area contributed by atoms with Crippen LogP contribution in [0.5, 0.6) is 17.2 Å². The molecule has 0 unspecified atom stereocenters. The van der Waals surface area contributed by atoms with Crippen LogP contribution in [0.3, 0.4) is 0 Å². The van der Waals surface area contributed by atoms with Crippen molar-refractivity contribution in [3.05, 3.63) is 82.1 Å². The topological polar surface area (TPSA) is 77.0 Å². The molecule has 2 N–H and O–H groups in total. The van der Waals surface area contributed by atoms with Crippen LogP contribution in [0.4, 0.5) is 10.1 Å². The Bertz CT molecular complexity index is 1070. The molecule has 0 saturated heterocycles. The summed E-state index contributed by atoms with van der Waals surface area (Å²) in [6.45, 7) is 0.188. The molecule has 162 valence electrons. The molecule has 0 spiro atoms. The van der Waals surface area contributed by atoms with E-state index < -0.39 is 11.8 Å². The average Bonchev–Trinajstić information content (AvgIpc) is 2.77. The molecule has 3 rings (SSSR count). The molecule has 0 aliphatic heterocycles. The summed E-state index contributed by atoms with van der Waals surface area (Å²) in [6.07, 6.45) is 0. The first-order chi connectivity index (χ1) is 14.9. The molecule has 3 aromatic rings. The maximum atomic E-state index is 14.1. The van der Waals surface area contributed by atoms with Gasteiger partial charge in [0.2, 0.25) is 0 Å². The number of nitrogens with one attached hydrogen (secondary N) is 1. The minimum Gasteiger partial charge on any atom is -0.495 e. The Hall–Kier alpha value is -3.45. The van der Waals surface area contributed by atoms with Crippen LogP contribution in [0.2, 0.25) is 5.02 Å². The predicted molar refractivity (Wildman–Crippen MR) is 116 cm³/mol. The van der Waals surface area contributed by atoms with Gasteiger partial charge in [0.05, 0.1) is 30.5 Å². The number of rotatable bonds is 9. The molecule has 0 bridgehead atoms. The van der Waals surface area contributed by atoms with E-state index in [-0.39, 0.29) is 29.3 Å². The molecule has 0 radical (unpaired) electrons. The Balaban J connectivity index is 1.86. The van der Waals surface area contributed by atoms with Crippen LogP contribution in [-0.4, -0.2) is 25.3 Å². The summed E-state index contributed by atoms with van der Waals surface area (Å²) < 4.78 is 30.7. The maximum absolute atomic E-state index is 14.1. The number of halogens is 2. The summed E-state index contributed by atoms with van der Waals surface area (Å²) in [5.41, 5.74) is 1.59. The first-order valence-corrected chi connectivity index (χ1v) is 9.69. The second-order valence-electron chi connectivity index (χ2n) is 6.51. The van der Waals surface area contributed by atoms with Crippen molar-refractivity contribution in [1.82, 2.24) is 0 Å². The third-order valence-corrected chi connectivity index (χ3v) is 4.97. The first kappa shape index (κ1) is 22.2. The molecule has 0 fully saturated rings. The number of anilines is 1. The van der Waals surface area contributed by atoms with Gasteiger partial charge in [-0.3, -0.25) is 0 Å². The van der Waals surface area contributed by atoms with Crippen LogP contribution >= 0.6 is 11.6 Å². The van der Waals surface area contributed by atoms with Gasteiger partial charge in [-0.15, -0.1) is 0 Å². The molecule has 8 heteroatoms. The highest BCUT2D eigenvalue weighted by Crippen LogP contribution is 2.34. The summed E-state index contributed by atoms with van der Waals surface area (Å²) in [6, 6.07) is 14.3. The van der Waals surface area contributed by atoms with Crippen LogP contribution in [0.25, 0.3) is 0 Å². The number of ether oxygens (including phenoxy) is 3. The largest absolute Gasteiger partial charge is 0.495 e. The quantitative estimate of drug-likeness (QED) is 0.460. The lowest BCUT2D eigenvalue weighted by atomic mass is 10.1. The standard InChI is InChI=1S/C23H21ClFNO5/c1-29-20-10-9-14(23(27)28)11-19(20)26-12-15-5-3-8-21(30-2)22(15)31-13-16-17(24)6-4-7-18(16)25/h3-11,26H,12-13H2,1-2H3,(H,27,28). The summed E-state index contributed by atoms with van der Waals surface area (Å²) in [5.74, 6) is -0.119. The lowest BCUT2D eigenvalue weighted by Crippen LogP contribution is -2.08. The fourth-order valence-corrected chi connectivity index (χ4v) is 3.23. The highest BCUT2D eigenvalue weighted by Gasteiger charge is 2.15. The Morgan fingerprint density at radius 1 is 1.06 bits per heavy atom. The summed E-state index contributed by atoms with van der Waals surface area (Å²) in [5, 5.41) is 12.7. The molecule has 0 saturated carbocycles. The van der Waals surface area contributed by atoms with E-state index in [4.69, 9.17) is 25.8 Å². The zero-order valence-electron chi connectivity index (χ0n) is 16.9. The Kier molecular flexibility index (Phi) is 7.20. The number of carbonyl (C=O) groups is 1. The fraction of sp³-hybridized carbons (Fsp3) is 0.174. The summed E-state index contributed by atoms with van der Waals surface area (Å²) in [7, 11) is 3.01. The van der Waals surface area contributed by atoms with Gasteiger partial charge in [-0.1, -0.05) is 29.8 Å². The van der Waals surface area contributed by atoms with Crippen molar-refractivity contribution in [1.29, 1.82) is 0 Å². The van der Waals surface area contributed by atoms with Gasteiger partial charge in [0.15, 0.2) is 11.5 Å². The van der Waals surface area contributed by atoms with E-state index >= 15 is 0 Å². The fourth-order valence-electron chi connectivity index (χ4n) is 3.01. The van der Waals surface area contributed by atoms with Crippen molar-refractivity contribution in [2.24, 2.45) is 0 Å². The molecule has 6 nitrogen and oxygen atoms in total. The predicted octanol–water partition coefficient (Wildman–Crippen LogP) is 5.39. The minimum absolute atomic E-state index is 0.0866. The average molecular weight is 446 g/mol. The Labute approximate surface area is 184 Å². The van der Waals surface area contributed by atoms with Crippen molar-refractivity contribution in [2.75, 3.05) is 19.5 Å². The Morgan fingerprint density at radius 2 is 1.81 bits per heavy atom. The molecule has 0 aromatic heterocycles.